The first-order valence-electron chi connectivity index (χ1n) is 30.0. The van der Waals surface area contributed by atoms with Crippen molar-refractivity contribution >= 4 is 5.91 Å². The third-order valence-electron chi connectivity index (χ3n) is 14.4. The molecule has 0 rings (SSSR count). The lowest BCUT2D eigenvalue weighted by Gasteiger charge is -2.23. The van der Waals surface area contributed by atoms with Crippen LogP contribution < -0.4 is 5.32 Å². The van der Waals surface area contributed by atoms with Crippen LogP contribution >= 0.6 is 0 Å². The number of hydrogen-bond donors (Lipinski definition) is 4. The molecule has 0 aliphatic heterocycles. The van der Waals surface area contributed by atoms with Gasteiger partial charge in [-0.05, 0) is 38.5 Å². The summed E-state index contributed by atoms with van der Waals surface area (Å²) >= 11 is 0. The third kappa shape index (κ3) is 50.8. The van der Waals surface area contributed by atoms with E-state index in [-0.39, 0.29) is 6.61 Å². The van der Waals surface area contributed by atoms with Gasteiger partial charge in [-0.1, -0.05) is 315 Å². The van der Waals surface area contributed by atoms with Gasteiger partial charge in [-0.25, -0.2) is 0 Å². The Morgan fingerprint density at radius 2 is 0.585 bits per heavy atom. The molecule has 0 spiro atoms. The minimum absolute atomic E-state index is 0.310. The lowest BCUT2D eigenvalue weighted by atomic mass is 10.0. The largest absolute Gasteiger partial charge is 0.394 e. The van der Waals surface area contributed by atoms with E-state index in [1.54, 1.807) is 0 Å². The number of aliphatic hydroxyl groups is 3. The summed E-state index contributed by atoms with van der Waals surface area (Å²) in [5.41, 5.74) is 0. The van der Waals surface area contributed by atoms with E-state index >= 15 is 0 Å². The summed E-state index contributed by atoms with van der Waals surface area (Å²) in [6, 6.07) is -0.711. The average molecular weight is 919 g/mol. The molecular weight excluding hydrogens is 799 g/mol. The van der Waals surface area contributed by atoms with Crippen LogP contribution in [0, 0.1) is 0 Å². The maximum atomic E-state index is 12.6. The van der Waals surface area contributed by atoms with Crippen molar-refractivity contribution in [3.63, 3.8) is 0 Å². The van der Waals surface area contributed by atoms with E-state index in [0.29, 0.717) is 12.8 Å². The molecule has 3 atom stereocenters. The highest BCUT2D eigenvalue weighted by molar-refractivity contribution is 5.80. The van der Waals surface area contributed by atoms with Crippen LogP contribution in [0.25, 0.3) is 0 Å². The topological polar surface area (TPSA) is 89.8 Å². The van der Waals surface area contributed by atoms with Gasteiger partial charge in [0.15, 0.2) is 0 Å². The number of unbranched alkanes of at least 4 members (excludes halogenated alkanes) is 46. The van der Waals surface area contributed by atoms with Gasteiger partial charge in [0.05, 0.1) is 18.8 Å². The van der Waals surface area contributed by atoms with Gasteiger partial charge in [0, 0.05) is 0 Å². The highest BCUT2D eigenvalue weighted by Gasteiger charge is 2.23. The Hall–Kier alpha value is -0.910. The Balaban J connectivity index is 3.50. The molecule has 5 nitrogen and oxygen atoms in total. The molecule has 0 aliphatic carbocycles. The van der Waals surface area contributed by atoms with Crippen molar-refractivity contribution in [1.29, 1.82) is 0 Å². The van der Waals surface area contributed by atoms with E-state index in [1.807, 2.05) is 0 Å². The monoisotopic (exact) mass is 918 g/mol. The predicted octanol–water partition coefficient (Wildman–Crippen LogP) is 18.7. The highest BCUT2D eigenvalue weighted by Crippen LogP contribution is 2.18. The summed E-state index contributed by atoms with van der Waals surface area (Å²) in [6.07, 6.45) is 69.9. The van der Waals surface area contributed by atoms with E-state index in [4.69, 9.17) is 0 Å². The Bertz CT molecular complexity index is 925. The average Bonchev–Trinajstić information content (AvgIpc) is 3.31. The van der Waals surface area contributed by atoms with Gasteiger partial charge in [-0.2, -0.15) is 0 Å². The first kappa shape index (κ1) is 64.1. The number of aliphatic hydroxyl groups excluding tert-OH is 3. The van der Waals surface area contributed by atoms with Crippen molar-refractivity contribution in [2.24, 2.45) is 0 Å². The number of carbonyl (C=O) groups excluding carboxylic acids is 1. The molecule has 0 aromatic carbocycles. The van der Waals surface area contributed by atoms with E-state index in [0.717, 1.165) is 32.1 Å². The molecule has 0 aromatic heterocycles. The zero-order valence-electron chi connectivity index (χ0n) is 44.4. The van der Waals surface area contributed by atoms with Crippen molar-refractivity contribution in [2.75, 3.05) is 6.61 Å². The number of allylic oxidation sites excluding steroid dienone is 2. The van der Waals surface area contributed by atoms with Crippen molar-refractivity contribution in [1.82, 2.24) is 5.32 Å². The van der Waals surface area contributed by atoms with Crippen LogP contribution in [0.3, 0.4) is 0 Å². The van der Waals surface area contributed by atoms with Crippen molar-refractivity contribution in [2.45, 2.75) is 360 Å². The summed E-state index contributed by atoms with van der Waals surface area (Å²) < 4.78 is 0. The van der Waals surface area contributed by atoms with Crippen LogP contribution in [0.2, 0.25) is 0 Å². The molecular formula is C60H119NO4. The Kier molecular flexibility index (Phi) is 54.9. The molecule has 1 amide bonds. The molecule has 0 heterocycles. The highest BCUT2D eigenvalue weighted by atomic mass is 16.3. The van der Waals surface area contributed by atoms with Gasteiger partial charge < -0.3 is 20.6 Å². The summed E-state index contributed by atoms with van der Waals surface area (Å²) in [6.45, 7) is 4.28. The first-order chi connectivity index (χ1) is 32.1. The number of nitrogens with one attached hydrogen (secondary N) is 1. The molecule has 0 radical (unpaired) electrons. The van der Waals surface area contributed by atoms with Crippen LogP contribution in [0.4, 0.5) is 0 Å². The van der Waals surface area contributed by atoms with Gasteiger partial charge in [0.2, 0.25) is 5.91 Å². The molecule has 0 saturated heterocycles. The summed E-state index contributed by atoms with van der Waals surface area (Å²) in [4.78, 5) is 12.6. The maximum absolute atomic E-state index is 12.6. The molecule has 3 unspecified atom stereocenters. The van der Waals surface area contributed by atoms with Gasteiger partial charge in [-0.3, -0.25) is 4.79 Å². The number of hydrogen-bond acceptors (Lipinski definition) is 4. The molecule has 0 aliphatic rings. The fourth-order valence-electron chi connectivity index (χ4n) is 9.72. The molecule has 5 heteroatoms. The number of carbonyl (C=O) groups is 1. The smallest absolute Gasteiger partial charge is 0.249 e. The Labute approximate surface area is 408 Å². The second-order valence-electron chi connectivity index (χ2n) is 20.9. The normalized spacial score (nSPS) is 13.2. The van der Waals surface area contributed by atoms with Crippen LogP contribution in [-0.2, 0) is 4.79 Å². The van der Waals surface area contributed by atoms with E-state index in [9.17, 15) is 20.1 Å². The fourth-order valence-corrected chi connectivity index (χ4v) is 9.72. The fraction of sp³-hybridized carbons (Fsp3) is 0.950. The molecule has 65 heavy (non-hydrogen) atoms. The molecule has 388 valence electrons. The Morgan fingerprint density at radius 1 is 0.354 bits per heavy atom. The zero-order valence-corrected chi connectivity index (χ0v) is 44.4. The quantitative estimate of drug-likeness (QED) is 0.0361. The summed E-state index contributed by atoms with van der Waals surface area (Å²) in [7, 11) is 0. The van der Waals surface area contributed by atoms with Crippen LogP contribution in [0.1, 0.15) is 341 Å². The van der Waals surface area contributed by atoms with Crippen molar-refractivity contribution < 1.29 is 20.1 Å². The standard InChI is InChI=1S/C60H119NO4/c1-3-5-7-9-11-13-15-17-19-21-23-25-27-29-30-31-33-35-37-39-41-43-45-47-49-51-53-55-59(64)60(65)61-57(56-62)58(63)54-52-50-48-46-44-42-40-38-36-34-32-28-26-24-22-20-18-16-14-12-10-8-6-4-2/h29-30,57-59,62-64H,3-28,31-56H2,1-2H3,(H,61,65)/b30-29-. The van der Waals surface area contributed by atoms with Gasteiger partial charge in [-0.15, -0.1) is 0 Å². The van der Waals surface area contributed by atoms with Gasteiger partial charge in [0.25, 0.3) is 0 Å². The van der Waals surface area contributed by atoms with Gasteiger partial charge in [0.1, 0.15) is 6.10 Å². The maximum Gasteiger partial charge on any atom is 0.249 e. The summed E-state index contributed by atoms with van der Waals surface area (Å²) in [5.74, 6) is -0.464. The lowest BCUT2D eigenvalue weighted by molar-refractivity contribution is -0.131. The Morgan fingerprint density at radius 3 is 0.846 bits per heavy atom. The van der Waals surface area contributed by atoms with Gasteiger partial charge >= 0.3 is 0 Å². The number of amides is 1. The minimum atomic E-state index is -1.07. The van der Waals surface area contributed by atoms with Crippen molar-refractivity contribution in [3.05, 3.63) is 12.2 Å². The minimum Gasteiger partial charge on any atom is -0.394 e. The zero-order chi connectivity index (χ0) is 47.2. The first-order valence-corrected chi connectivity index (χ1v) is 30.0. The molecule has 0 saturated carbocycles. The van der Waals surface area contributed by atoms with Crippen LogP contribution in [0.5, 0.6) is 0 Å². The second-order valence-corrected chi connectivity index (χ2v) is 20.9. The van der Waals surface area contributed by atoms with Crippen LogP contribution in [0.15, 0.2) is 12.2 Å². The SMILES string of the molecule is CCCCCCCCCCCCCC/C=C\CCCCCCCCCCCCCC(O)C(=O)NC(CO)C(O)CCCCCCCCCCCCCCCCCCCCCCCCCC. The predicted molar refractivity (Wildman–Crippen MR) is 287 cm³/mol. The molecule has 0 fully saturated rings. The summed E-state index contributed by atoms with van der Waals surface area (Å²) in [5, 5.41) is 33.6. The molecule has 4 N–H and O–H groups in total. The van der Waals surface area contributed by atoms with Crippen molar-refractivity contribution in [3.8, 4) is 0 Å². The van der Waals surface area contributed by atoms with E-state index < -0.39 is 24.2 Å². The number of rotatable bonds is 56. The van der Waals surface area contributed by atoms with Crippen LogP contribution in [-0.4, -0.2) is 46.1 Å². The van der Waals surface area contributed by atoms with E-state index in [2.05, 4.69) is 31.3 Å². The van der Waals surface area contributed by atoms with E-state index in [1.165, 1.54) is 283 Å². The third-order valence-corrected chi connectivity index (χ3v) is 14.4. The lowest BCUT2D eigenvalue weighted by Crippen LogP contribution is -2.49. The molecule has 0 bridgehead atoms. The second kappa shape index (κ2) is 55.7. The molecule has 0 aromatic rings.